The van der Waals surface area contributed by atoms with Gasteiger partial charge in [0.1, 0.15) is 0 Å². The minimum atomic E-state index is -0.407. The third-order valence-corrected chi connectivity index (χ3v) is 2.01. The molecule has 4 N–H and O–H groups in total. The van der Waals surface area contributed by atoms with Crippen LogP contribution in [0.2, 0.25) is 0 Å². The van der Waals surface area contributed by atoms with Crippen LogP contribution in [0.4, 0.5) is 0 Å². The quantitative estimate of drug-likeness (QED) is 0.517. The Morgan fingerprint density at radius 3 is 1.40 bits per heavy atom. The van der Waals surface area contributed by atoms with Gasteiger partial charge in [0.25, 0.3) is 0 Å². The molecule has 0 spiro atoms. The first-order chi connectivity index (χ1) is 4.63. The van der Waals surface area contributed by atoms with Crippen molar-refractivity contribution in [3.8, 4) is 0 Å². The average Bonchev–Trinajstić information content (AvgIpc) is 1.56. The van der Waals surface area contributed by atoms with E-state index in [1.165, 1.54) is 0 Å². The third kappa shape index (κ3) is 0.964. The Morgan fingerprint density at radius 2 is 1.30 bits per heavy atom. The lowest BCUT2D eigenvalue weighted by Crippen LogP contribution is -2.44. The number of carbonyl (C=O) groups is 2. The normalized spacial score (nSPS) is 30.8. The predicted octanol–water partition coefficient (Wildman–Crippen LogP) is -1.02. The van der Waals surface area contributed by atoms with Crippen LogP contribution >= 0.6 is 0 Å². The highest BCUT2D eigenvalue weighted by atomic mass is 16.2. The number of nitrogens with two attached hydrogens (primary N) is 2. The molecule has 4 heteroatoms. The Balaban J connectivity index is 2.51. The summed E-state index contributed by atoms with van der Waals surface area (Å²) in [6.45, 7) is 0. The van der Waals surface area contributed by atoms with Gasteiger partial charge in [0, 0.05) is 11.8 Å². The van der Waals surface area contributed by atoms with Crippen LogP contribution in [0.15, 0.2) is 0 Å². The molecule has 0 aromatic rings. The molecule has 0 aromatic carbocycles. The number of primary amides is 2. The smallest absolute Gasteiger partial charge is 0.221 e. The first-order valence-corrected chi connectivity index (χ1v) is 3.21. The summed E-state index contributed by atoms with van der Waals surface area (Å²) in [4.78, 5) is 21.0. The van der Waals surface area contributed by atoms with E-state index in [0.29, 0.717) is 12.8 Å². The van der Waals surface area contributed by atoms with Crippen LogP contribution in [0.1, 0.15) is 12.8 Å². The van der Waals surface area contributed by atoms with E-state index in [9.17, 15) is 9.59 Å². The molecule has 0 heterocycles. The molecule has 2 amide bonds. The summed E-state index contributed by atoms with van der Waals surface area (Å²) in [7, 11) is 0. The summed E-state index contributed by atoms with van der Waals surface area (Å²) in [5.74, 6) is -1.40. The molecule has 1 aliphatic rings. The van der Waals surface area contributed by atoms with Gasteiger partial charge >= 0.3 is 0 Å². The predicted molar refractivity (Wildman–Crippen MR) is 34.6 cm³/mol. The summed E-state index contributed by atoms with van der Waals surface area (Å²) < 4.78 is 0. The number of hydrogen-bond acceptors (Lipinski definition) is 2. The van der Waals surface area contributed by atoms with Crippen molar-refractivity contribution in [1.29, 1.82) is 0 Å². The minimum absolute atomic E-state index is 0.294. The Labute approximate surface area is 58.6 Å². The highest BCUT2D eigenvalue weighted by molar-refractivity contribution is 5.87. The van der Waals surface area contributed by atoms with Crippen molar-refractivity contribution >= 4 is 11.8 Å². The van der Waals surface area contributed by atoms with Crippen molar-refractivity contribution in [2.45, 2.75) is 12.8 Å². The van der Waals surface area contributed by atoms with Crippen LogP contribution in [0.3, 0.4) is 0 Å². The second-order valence-electron chi connectivity index (χ2n) is 2.60. The Morgan fingerprint density at radius 1 is 1.00 bits per heavy atom. The molecule has 56 valence electrons. The second-order valence-corrected chi connectivity index (χ2v) is 2.60. The summed E-state index contributed by atoms with van der Waals surface area (Å²) in [5.41, 5.74) is 9.96. The lowest BCUT2D eigenvalue weighted by atomic mass is 9.73. The highest BCUT2D eigenvalue weighted by Crippen LogP contribution is 2.33. The van der Waals surface area contributed by atoms with E-state index in [4.69, 9.17) is 11.5 Å². The highest BCUT2D eigenvalue weighted by Gasteiger charge is 2.38. The summed E-state index contributed by atoms with van der Waals surface area (Å²) in [6, 6.07) is 0. The van der Waals surface area contributed by atoms with Gasteiger partial charge in [0.2, 0.25) is 11.8 Å². The maximum atomic E-state index is 10.5. The van der Waals surface area contributed by atoms with Gasteiger partial charge in [-0.2, -0.15) is 0 Å². The van der Waals surface area contributed by atoms with E-state index >= 15 is 0 Å². The van der Waals surface area contributed by atoms with E-state index in [1.54, 1.807) is 0 Å². The first kappa shape index (κ1) is 7.05. The van der Waals surface area contributed by atoms with Crippen molar-refractivity contribution in [1.82, 2.24) is 0 Å². The molecular weight excluding hydrogens is 132 g/mol. The van der Waals surface area contributed by atoms with Crippen LogP contribution in [-0.2, 0) is 9.59 Å². The van der Waals surface area contributed by atoms with Gasteiger partial charge in [-0.3, -0.25) is 9.59 Å². The molecule has 2 atom stereocenters. The molecule has 0 bridgehead atoms. The maximum absolute atomic E-state index is 10.5. The van der Waals surface area contributed by atoms with Crippen LogP contribution < -0.4 is 11.5 Å². The van der Waals surface area contributed by atoms with Gasteiger partial charge in [-0.15, -0.1) is 0 Å². The third-order valence-electron chi connectivity index (χ3n) is 2.01. The fourth-order valence-electron chi connectivity index (χ4n) is 1.18. The average molecular weight is 142 g/mol. The number of amides is 2. The van der Waals surface area contributed by atoms with E-state index in [1.807, 2.05) is 0 Å². The molecule has 1 fully saturated rings. The molecule has 10 heavy (non-hydrogen) atoms. The van der Waals surface area contributed by atoms with Gasteiger partial charge in [0.15, 0.2) is 0 Å². The zero-order valence-corrected chi connectivity index (χ0v) is 5.54. The summed E-state index contributed by atoms with van der Waals surface area (Å²) >= 11 is 0. The van der Waals surface area contributed by atoms with Crippen LogP contribution in [0.5, 0.6) is 0 Å². The zero-order valence-electron chi connectivity index (χ0n) is 5.54. The Hall–Kier alpha value is -1.06. The van der Waals surface area contributed by atoms with Crippen molar-refractivity contribution < 1.29 is 9.59 Å². The molecule has 0 saturated heterocycles. The molecule has 0 radical (unpaired) electrons. The van der Waals surface area contributed by atoms with Gasteiger partial charge in [-0.05, 0) is 12.8 Å². The van der Waals surface area contributed by atoms with Gasteiger partial charge in [-0.25, -0.2) is 0 Å². The molecule has 0 unspecified atom stereocenters. The number of hydrogen-bond donors (Lipinski definition) is 2. The summed E-state index contributed by atoms with van der Waals surface area (Å²) in [6.07, 6.45) is 1.42. The SMILES string of the molecule is NC(=O)[C@@H]1CC[C@H]1C(N)=O. The van der Waals surface area contributed by atoms with Crippen molar-refractivity contribution in [3.05, 3.63) is 0 Å². The lowest BCUT2D eigenvalue weighted by Gasteiger charge is -2.31. The van der Waals surface area contributed by atoms with E-state index < -0.39 is 11.8 Å². The minimum Gasteiger partial charge on any atom is -0.369 e. The van der Waals surface area contributed by atoms with Crippen LogP contribution in [-0.4, -0.2) is 11.8 Å². The van der Waals surface area contributed by atoms with Crippen molar-refractivity contribution in [2.24, 2.45) is 23.3 Å². The van der Waals surface area contributed by atoms with Crippen LogP contribution in [0.25, 0.3) is 0 Å². The molecule has 0 aliphatic heterocycles. The van der Waals surface area contributed by atoms with E-state index in [-0.39, 0.29) is 11.8 Å². The largest absolute Gasteiger partial charge is 0.369 e. The van der Waals surface area contributed by atoms with Gasteiger partial charge in [0.05, 0.1) is 0 Å². The molecular formula is C6H10N2O2. The number of rotatable bonds is 2. The summed E-state index contributed by atoms with van der Waals surface area (Å²) in [5, 5.41) is 0. The fourth-order valence-corrected chi connectivity index (χ4v) is 1.18. The standard InChI is InChI=1S/C6H10N2O2/c7-5(9)3-1-2-4(3)6(8)10/h3-4H,1-2H2,(H2,7,9)(H2,8,10)/t3-,4-/m1/s1. The second kappa shape index (κ2) is 2.28. The first-order valence-electron chi connectivity index (χ1n) is 3.21. The molecule has 0 aromatic heterocycles. The van der Waals surface area contributed by atoms with Gasteiger partial charge < -0.3 is 11.5 Å². The van der Waals surface area contributed by atoms with Gasteiger partial charge in [-0.1, -0.05) is 0 Å². The van der Waals surface area contributed by atoms with E-state index in [2.05, 4.69) is 0 Å². The Bertz CT molecular complexity index is 159. The van der Waals surface area contributed by atoms with Crippen molar-refractivity contribution in [3.63, 3.8) is 0 Å². The van der Waals surface area contributed by atoms with E-state index in [0.717, 1.165) is 0 Å². The monoisotopic (exact) mass is 142 g/mol. The number of carbonyl (C=O) groups excluding carboxylic acids is 2. The van der Waals surface area contributed by atoms with Crippen molar-refractivity contribution in [2.75, 3.05) is 0 Å². The molecule has 1 saturated carbocycles. The molecule has 4 nitrogen and oxygen atoms in total. The fraction of sp³-hybridized carbons (Fsp3) is 0.667. The Kier molecular flexibility index (Phi) is 1.61. The maximum Gasteiger partial charge on any atom is 0.221 e. The lowest BCUT2D eigenvalue weighted by molar-refractivity contribution is -0.136. The van der Waals surface area contributed by atoms with Crippen LogP contribution in [0, 0.1) is 11.8 Å². The molecule has 1 rings (SSSR count). The topological polar surface area (TPSA) is 86.2 Å². The molecule has 1 aliphatic carbocycles. The zero-order chi connectivity index (χ0) is 7.72.